The van der Waals surface area contributed by atoms with Crippen LogP contribution in [0.1, 0.15) is 6.92 Å². The molecule has 0 amide bonds. The fourth-order valence-electron chi connectivity index (χ4n) is 1.37. The molecule has 1 heterocycles. The standard InChI is InChI=1S/C8H14O5/c1-4-6(9)8(11)7(10)5(13-4)3-12-2/h2,4-11H,3H2,1H3. The van der Waals surface area contributed by atoms with E-state index >= 15 is 0 Å². The van der Waals surface area contributed by atoms with Crippen LogP contribution < -0.4 is 0 Å². The molecule has 1 aliphatic rings. The first-order valence-electron chi connectivity index (χ1n) is 4.09. The minimum Gasteiger partial charge on any atom is -0.388 e. The van der Waals surface area contributed by atoms with Crippen LogP contribution in [0.3, 0.4) is 0 Å². The summed E-state index contributed by atoms with van der Waals surface area (Å²) in [6, 6.07) is 0. The Labute approximate surface area is 76.9 Å². The second kappa shape index (κ2) is 4.34. The van der Waals surface area contributed by atoms with Gasteiger partial charge in [0.05, 0.1) is 12.7 Å². The molecule has 0 aromatic carbocycles. The highest BCUT2D eigenvalue weighted by Crippen LogP contribution is 2.20. The highest BCUT2D eigenvalue weighted by atomic mass is 16.6. The van der Waals surface area contributed by atoms with E-state index in [0.29, 0.717) is 0 Å². The lowest BCUT2D eigenvalue weighted by molar-refractivity contribution is -0.224. The summed E-state index contributed by atoms with van der Waals surface area (Å²) in [5, 5.41) is 28.0. The molecule has 0 saturated carbocycles. The fourth-order valence-corrected chi connectivity index (χ4v) is 1.37. The normalized spacial score (nSPS) is 46.4. The molecule has 0 aliphatic carbocycles. The van der Waals surface area contributed by atoms with Gasteiger partial charge in [-0.3, -0.25) is 0 Å². The number of rotatable bonds is 2. The third-order valence-electron chi connectivity index (χ3n) is 2.21. The maximum Gasteiger partial charge on any atom is 0.115 e. The van der Waals surface area contributed by atoms with Crippen LogP contribution in [-0.2, 0) is 9.47 Å². The topological polar surface area (TPSA) is 79.2 Å². The van der Waals surface area contributed by atoms with Gasteiger partial charge in [-0.05, 0) is 6.92 Å². The monoisotopic (exact) mass is 190 g/mol. The van der Waals surface area contributed by atoms with E-state index in [-0.39, 0.29) is 6.61 Å². The summed E-state index contributed by atoms with van der Waals surface area (Å²) >= 11 is 0. The van der Waals surface area contributed by atoms with E-state index in [9.17, 15) is 15.3 Å². The van der Waals surface area contributed by atoms with Gasteiger partial charge in [-0.25, -0.2) is 0 Å². The van der Waals surface area contributed by atoms with E-state index < -0.39 is 30.5 Å². The van der Waals surface area contributed by atoms with Crippen molar-refractivity contribution in [1.29, 1.82) is 0 Å². The van der Waals surface area contributed by atoms with Crippen LogP contribution in [0.2, 0.25) is 0 Å². The van der Waals surface area contributed by atoms with Crippen molar-refractivity contribution in [3.05, 3.63) is 7.11 Å². The predicted octanol–water partition coefficient (Wildman–Crippen LogP) is -1.46. The third-order valence-corrected chi connectivity index (χ3v) is 2.21. The predicted molar refractivity (Wildman–Crippen MR) is 42.6 cm³/mol. The van der Waals surface area contributed by atoms with E-state index in [0.717, 1.165) is 0 Å². The van der Waals surface area contributed by atoms with Gasteiger partial charge in [0.2, 0.25) is 0 Å². The fraction of sp³-hybridized carbons (Fsp3) is 0.875. The van der Waals surface area contributed by atoms with Crippen LogP contribution >= 0.6 is 0 Å². The SMILES string of the molecule is [CH]OCC1OC(C)C(O)C(O)C1O. The second-order valence-corrected chi connectivity index (χ2v) is 3.18. The molecular weight excluding hydrogens is 176 g/mol. The summed E-state index contributed by atoms with van der Waals surface area (Å²) in [5.74, 6) is 0. The summed E-state index contributed by atoms with van der Waals surface area (Å²) in [6.07, 6.45) is -4.71. The lowest BCUT2D eigenvalue weighted by atomic mass is 9.96. The Bertz CT molecular complexity index is 163. The van der Waals surface area contributed by atoms with Crippen molar-refractivity contribution in [3.8, 4) is 0 Å². The van der Waals surface area contributed by atoms with Crippen LogP contribution in [-0.4, -0.2) is 52.4 Å². The maximum atomic E-state index is 9.39. The molecule has 0 spiro atoms. The molecule has 0 bridgehead atoms. The van der Waals surface area contributed by atoms with Crippen molar-refractivity contribution in [2.75, 3.05) is 6.61 Å². The molecule has 1 fully saturated rings. The second-order valence-electron chi connectivity index (χ2n) is 3.18. The summed E-state index contributed by atoms with van der Waals surface area (Å²) < 4.78 is 9.46. The van der Waals surface area contributed by atoms with Crippen LogP contribution in [0.5, 0.6) is 0 Å². The average molecular weight is 190 g/mol. The van der Waals surface area contributed by atoms with Gasteiger partial charge in [-0.15, -0.1) is 0 Å². The molecule has 2 radical (unpaired) electrons. The third kappa shape index (κ3) is 2.18. The van der Waals surface area contributed by atoms with Gasteiger partial charge < -0.3 is 24.8 Å². The summed E-state index contributed by atoms with van der Waals surface area (Å²) in [5.41, 5.74) is 0. The van der Waals surface area contributed by atoms with Gasteiger partial charge in [-0.2, -0.15) is 0 Å². The summed E-state index contributed by atoms with van der Waals surface area (Å²) in [7, 11) is 4.81. The average Bonchev–Trinajstić information content (AvgIpc) is 2.11. The molecule has 1 aliphatic heterocycles. The van der Waals surface area contributed by atoms with E-state index in [1.165, 1.54) is 0 Å². The van der Waals surface area contributed by atoms with Crippen molar-refractivity contribution in [1.82, 2.24) is 0 Å². The molecule has 3 N–H and O–H groups in total. The first kappa shape index (κ1) is 10.9. The summed E-state index contributed by atoms with van der Waals surface area (Å²) in [4.78, 5) is 0. The molecule has 5 heteroatoms. The zero-order chi connectivity index (χ0) is 10.0. The number of aliphatic hydroxyl groups is 3. The molecule has 0 aromatic rings. The lowest BCUT2D eigenvalue weighted by Crippen LogP contribution is -2.57. The molecule has 0 aromatic heterocycles. The van der Waals surface area contributed by atoms with Gasteiger partial charge in [0.25, 0.3) is 0 Å². The van der Waals surface area contributed by atoms with Gasteiger partial charge in [0.1, 0.15) is 31.5 Å². The highest BCUT2D eigenvalue weighted by Gasteiger charge is 2.41. The van der Waals surface area contributed by atoms with Crippen LogP contribution in [0.4, 0.5) is 0 Å². The van der Waals surface area contributed by atoms with E-state index in [1.54, 1.807) is 6.92 Å². The lowest BCUT2D eigenvalue weighted by Gasteiger charge is -2.38. The summed E-state index contributed by atoms with van der Waals surface area (Å²) in [6.45, 7) is 1.58. The Morgan fingerprint density at radius 1 is 1.23 bits per heavy atom. The van der Waals surface area contributed by atoms with E-state index in [1.807, 2.05) is 0 Å². The van der Waals surface area contributed by atoms with Gasteiger partial charge in [0.15, 0.2) is 0 Å². The van der Waals surface area contributed by atoms with Crippen molar-refractivity contribution in [2.45, 2.75) is 37.4 Å². The Balaban J connectivity index is 2.59. The molecule has 76 valence electrons. The minimum absolute atomic E-state index is 0.0186. The molecular formula is C8H14O5. The Hall–Kier alpha value is -0.200. The number of aliphatic hydroxyl groups excluding tert-OH is 3. The Kier molecular flexibility index (Phi) is 3.63. The zero-order valence-corrected chi connectivity index (χ0v) is 7.33. The first-order chi connectivity index (χ1) is 6.07. The molecule has 1 rings (SSSR count). The number of ether oxygens (including phenoxy) is 2. The van der Waals surface area contributed by atoms with Crippen molar-refractivity contribution in [2.24, 2.45) is 0 Å². The van der Waals surface area contributed by atoms with E-state index in [4.69, 9.17) is 11.8 Å². The molecule has 13 heavy (non-hydrogen) atoms. The van der Waals surface area contributed by atoms with Crippen LogP contribution in [0.15, 0.2) is 0 Å². The molecule has 1 saturated heterocycles. The van der Waals surface area contributed by atoms with Crippen LogP contribution in [0.25, 0.3) is 0 Å². The van der Waals surface area contributed by atoms with Gasteiger partial charge in [0, 0.05) is 0 Å². The molecule has 5 nitrogen and oxygen atoms in total. The Morgan fingerprint density at radius 3 is 2.38 bits per heavy atom. The van der Waals surface area contributed by atoms with Crippen molar-refractivity contribution < 1.29 is 24.8 Å². The van der Waals surface area contributed by atoms with Gasteiger partial charge in [-0.1, -0.05) is 0 Å². The molecule has 5 atom stereocenters. The van der Waals surface area contributed by atoms with Crippen LogP contribution in [0, 0.1) is 7.11 Å². The van der Waals surface area contributed by atoms with Crippen molar-refractivity contribution in [3.63, 3.8) is 0 Å². The molecule has 5 unspecified atom stereocenters. The first-order valence-corrected chi connectivity index (χ1v) is 4.09. The zero-order valence-electron chi connectivity index (χ0n) is 7.33. The highest BCUT2D eigenvalue weighted by molar-refractivity contribution is 4.90. The maximum absolute atomic E-state index is 9.39. The smallest absolute Gasteiger partial charge is 0.115 e. The van der Waals surface area contributed by atoms with E-state index in [2.05, 4.69) is 4.74 Å². The number of hydrogen-bond donors (Lipinski definition) is 3. The minimum atomic E-state index is -1.22. The Morgan fingerprint density at radius 2 is 1.85 bits per heavy atom. The quantitative estimate of drug-likeness (QED) is 0.496. The largest absolute Gasteiger partial charge is 0.388 e. The number of hydrogen-bond acceptors (Lipinski definition) is 5. The van der Waals surface area contributed by atoms with Crippen molar-refractivity contribution >= 4 is 0 Å². The van der Waals surface area contributed by atoms with Gasteiger partial charge >= 0.3 is 0 Å².